The molecule has 0 aromatic carbocycles. The van der Waals surface area contributed by atoms with E-state index >= 15 is 0 Å². The average molecular weight is 115 g/mol. The molecule has 40 valence electrons. The molecule has 0 radical (unpaired) electrons. The van der Waals surface area contributed by atoms with E-state index in [1.165, 1.54) is 18.1 Å². The van der Waals surface area contributed by atoms with Gasteiger partial charge in [0.15, 0.2) is 0 Å². The zero-order valence-corrected chi connectivity index (χ0v) is 5.33. The minimum Gasteiger partial charge on any atom is -0.316 e. The number of rotatable bonds is 0. The van der Waals surface area contributed by atoms with Gasteiger partial charge in [-0.15, -0.1) is 8.86 Å². The van der Waals surface area contributed by atoms with Crippen LogP contribution in [0.15, 0.2) is 0 Å². The summed E-state index contributed by atoms with van der Waals surface area (Å²) >= 11 is 0. The molecule has 0 aromatic rings. The maximum Gasteiger partial charge on any atom is -0.000814 e. The van der Waals surface area contributed by atoms with Crippen molar-refractivity contribution in [2.24, 2.45) is 0 Å². The van der Waals surface area contributed by atoms with E-state index in [9.17, 15) is 0 Å². The van der Waals surface area contributed by atoms with Crippen molar-refractivity contribution in [1.29, 1.82) is 0 Å². The third-order valence-corrected chi connectivity index (χ3v) is 1.71. The lowest BCUT2D eigenvalue weighted by molar-refractivity contribution is 0.678. The molecule has 0 saturated carbocycles. The van der Waals surface area contributed by atoms with Gasteiger partial charge in [-0.1, -0.05) is 0 Å². The number of piperidine rings is 1. The van der Waals surface area contributed by atoms with Gasteiger partial charge in [-0.05, 0) is 31.2 Å². The Morgan fingerprint density at radius 3 is 2.14 bits per heavy atom. The summed E-state index contributed by atoms with van der Waals surface area (Å²) in [5, 5.41) is 4.72. The molecule has 1 N–H and O–H groups in total. The maximum atomic E-state index is 3.51. The Morgan fingerprint density at radius 1 is 1.29 bits per heavy atom. The maximum absolute atomic E-state index is 3.51. The highest BCUT2D eigenvalue weighted by atomic mass is 31.0. The van der Waals surface area contributed by atoms with Gasteiger partial charge in [0.2, 0.25) is 0 Å². The molecule has 0 aliphatic carbocycles. The van der Waals surface area contributed by atoms with Crippen molar-refractivity contribution >= 4 is 14.2 Å². The lowest BCUT2D eigenvalue weighted by Crippen LogP contribution is -2.26. The highest BCUT2D eigenvalue weighted by molar-refractivity contribution is 7.21. The standard InChI is InChI=1S/C5H10NP/c7-5-1-3-6-4-2-5/h6-7H,1-4H2. The molecular weight excluding hydrogens is 105 g/mol. The lowest BCUT2D eigenvalue weighted by Gasteiger charge is -2.11. The van der Waals surface area contributed by atoms with Crippen LogP contribution in [-0.2, 0) is 0 Å². The van der Waals surface area contributed by atoms with E-state index < -0.39 is 0 Å². The molecule has 0 spiro atoms. The van der Waals surface area contributed by atoms with E-state index in [1.807, 2.05) is 0 Å². The van der Waals surface area contributed by atoms with E-state index in [0.717, 1.165) is 13.1 Å². The smallest absolute Gasteiger partial charge is 0.000814 e. The normalized spacial score (nSPS) is 22.6. The fourth-order valence-electron chi connectivity index (χ4n) is 0.729. The van der Waals surface area contributed by atoms with Gasteiger partial charge in [-0.3, -0.25) is 0 Å². The molecule has 1 aliphatic rings. The number of hydrogen-bond donors (Lipinski definition) is 1. The molecule has 0 atom stereocenters. The van der Waals surface area contributed by atoms with Crippen molar-refractivity contribution in [2.75, 3.05) is 13.1 Å². The van der Waals surface area contributed by atoms with Gasteiger partial charge >= 0.3 is 0 Å². The molecule has 2 heteroatoms. The predicted octanol–water partition coefficient (Wildman–Crippen LogP) is 0.685. The molecule has 0 bridgehead atoms. The summed E-state index contributed by atoms with van der Waals surface area (Å²) in [5.41, 5.74) is 0. The minimum atomic E-state index is 1.15. The van der Waals surface area contributed by atoms with Crippen molar-refractivity contribution < 1.29 is 0 Å². The van der Waals surface area contributed by atoms with Gasteiger partial charge < -0.3 is 5.32 Å². The Hall–Kier alpha value is 0.130. The number of hydrogen-bond acceptors (Lipinski definition) is 1. The molecule has 1 saturated heterocycles. The fourth-order valence-corrected chi connectivity index (χ4v) is 0.979. The van der Waals surface area contributed by atoms with Crippen molar-refractivity contribution in [3.05, 3.63) is 0 Å². The van der Waals surface area contributed by atoms with Crippen molar-refractivity contribution in [3.63, 3.8) is 0 Å². The van der Waals surface area contributed by atoms with Gasteiger partial charge in [0, 0.05) is 0 Å². The summed E-state index contributed by atoms with van der Waals surface area (Å²) in [6.07, 6.45) is 2.41. The van der Waals surface area contributed by atoms with Crippen LogP contribution in [0, 0.1) is 0 Å². The van der Waals surface area contributed by atoms with Crippen LogP contribution in [0.4, 0.5) is 0 Å². The highest BCUT2D eigenvalue weighted by Gasteiger charge is 1.99. The second kappa shape index (κ2) is 2.44. The Bertz CT molecular complexity index is 72.1. The highest BCUT2D eigenvalue weighted by Crippen LogP contribution is 1.97. The minimum absolute atomic E-state index is 1.15. The van der Waals surface area contributed by atoms with Crippen LogP contribution in [0.3, 0.4) is 0 Å². The molecular formula is C5H10NP. The van der Waals surface area contributed by atoms with Crippen LogP contribution < -0.4 is 5.32 Å². The largest absolute Gasteiger partial charge is 0.316 e. The van der Waals surface area contributed by atoms with Crippen LogP contribution in [0.5, 0.6) is 0 Å². The molecule has 1 rings (SSSR count). The fraction of sp³-hybridized carbons (Fsp3) is 0.800. The summed E-state index contributed by atoms with van der Waals surface area (Å²) in [4.78, 5) is 0. The zero-order valence-electron chi connectivity index (χ0n) is 4.33. The van der Waals surface area contributed by atoms with Gasteiger partial charge in [0.25, 0.3) is 0 Å². The Morgan fingerprint density at radius 2 is 1.86 bits per heavy atom. The first kappa shape index (κ1) is 5.27. The predicted molar refractivity (Wildman–Crippen MR) is 35.4 cm³/mol. The first-order valence-corrected chi connectivity index (χ1v) is 3.16. The third kappa shape index (κ3) is 1.58. The lowest BCUT2D eigenvalue weighted by atomic mass is 10.2. The van der Waals surface area contributed by atoms with E-state index in [0.29, 0.717) is 0 Å². The average Bonchev–Trinajstić information content (AvgIpc) is 1.69. The molecule has 0 unspecified atom stereocenters. The van der Waals surface area contributed by atoms with Crippen LogP contribution >= 0.6 is 8.86 Å². The summed E-state index contributed by atoms with van der Waals surface area (Å²) in [5.74, 6) is 0. The monoisotopic (exact) mass is 115 g/mol. The van der Waals surface area contributed by atoms with E-state index in [2.05, 4.69) is 14.2 Å². The van der Waals surface area contributed by atoms with E-state index in [1.54, 1.807) is 0 Å². The molecule has 7 heavy (non-hydrogen) atoms. The third-order valence-electron chi connectivity index (χ3n) is 1.21. The summed E-state index contributed by atoms with van der Waals surface area (Å²) < 4.78 is 0. The van der Waals surface area contributed by atoms with Gasteiger partial charge in [0.05, 0.1) is 0 Å². The second-order valence-corrected chi connectivity index (χ2v) is 2.56. The van der Waals surface area contributed by atoms with Gasteiger partial charge in [-0.2, -0.15) is 0 Å². The van der Waals surface area contributed by atoms with E-state index in [4.69, 9.17) is 0 Å². The Labute approximate surface area is 46.3 Å². The van der Waals surface area contributed by atoms with Crippen LogP contribution in [0.2, 0.25) is 0 Å². The summed E-state index contributed by atoms with van der Waals surface area (Å²) in [6.45, 7) is 2.30. The summed E-state index contributed by atoms with van der Waals surface area (Å²) in [6, 6.07) is 0. The SMILES string of the molecule is P=C1CCNCC1. The molecule has 1 nitrogen and oxygen atoms in total. The zero-order chi connectivity index (χ0) is 5.11. The van der Waals surface area contributed by atoms with Crippen molar-refractivity contribution in [1.82, 2.24) is 5.32 Å². The topological polar surface area (TPSA) is 12.0 Å². The van der Waals surface area contributed by atoms with Gasteiger partial charge in [-0.25, -0.2) is 0 Å². The van der Waals surface area contributed by atoms with Crippen LogP contribution in [-0.4, -0.2) is 18.4 Å². The molecule has 1 heterocycles. The second-order valence-electron chi connectivity index (χ2n) is 1.85. The van der Waals surface area contributed by atoms with Crippen LogP contribution in [0.1, 0.15) is 12.8 Å². The van der Waals surface area contributed by atoms with Crippen LogP contribution in [0.25, 0.3) is 0 Å². The Balaban J connectivity index is 2.25. The first-order chi connectivity index (χ1) is 3.39. The molecule has 1 aliphatic heterocycles. The van der Waals surface area contributed by atoms with Gasteiger partial charge in [0.1, 0.15) is 0 Å². The van der Waals surface area contributed by atoms with Crippen molar-refractivity contribution in [3.8, 4) is 0 Å². The molecule has 0 amide bonds. The van der Waals surface area contributed by atoms with E-state index in [-0.39, 0.29) is 0 Å². The molecule has 1 fully saturated rings. The number of nitrogens with one attached hydrogen (secondary N) is 1. The summed E-state index contributed by atoms with van der Waals surface area (Å²) in [7, 11) is 3.51. The van der Waals surface area contributed by atoms with Crippen molar-refractivity contribution in [2.45, 2.75) is 12.8 Å². The molecule has 0 aromatic heterocycles. The Kier molecular flexibility index (Phi) is 1.84. The first-order valence-electron chi connectivity index (χ1n) is 2.66. The quantitative estimate of drug-likeness (QED) is 0.458.